The molecule has 2 aromatic rings. The van der Waals surface area contributed by atoms with Gasteiger partial charge in [0.1, 0.15) is 6.10 Å². The fourth-order valence-corrected chi connectivity index (χ4v) is 2.22. The van der Waals surface area contributed by atoms with Crippen LogP contribution in [-0.4, -0.2) is 29.2 Å². The standard InChI is InChI=1S/C15H14N2O7/c1-23-13-7-11(12(17(21)22)8-14(13)24-2)15(18)9-3-5-10(6-4-9)16(19)20/h3-8,15,18H,1-2H3. The molecule has 0 aliphatic rings. The number of nitrogens with zero attached hydrogens (tertiary/aromatic N) is 2. The lowest BCUT2D eigenvalue weighted by molar-refractivity contribution is -0.386. The second kappa shape index (κ2) is 6.92. The van der Waals surface area contributed by atoms with Crippen LogP contribution in [0.3, 0.4) is 0 Å². The van der Waals surface area contributed by atoms with Crippen LogP contribution in [0, 0.1) is 20.2 Å². The third-order valence-corrected chi connectivity index (χ3v) is 3.44. The maximum Gasteiger partial charge on any atom is 0.279 e. The van der Waals surface area contributed by atoms with Gasteiger partial charge >= 0.3 is 0 Å². The molecule has 0 saturated heterocycles. The number of benzene rings is 2. The zero-order valence-electron chi connectivity index (χ0n) is 12.8. The number of nitro benzene ring substituents is 2. The van der Waals surface area contributed by atoms with Crippen molar-refractivity contribution >= 4 is 11.4 Å². The molecule has 24 heavy (non-hydrogen) atoms. The molecule has 126 valence electrons. The number of nitro groups is 2. The van der Waals surface area contributed by atoms with E-state index in [0.29, 0.717) is 0 Å². The first kappa shape index (κ1) is 17.2. The zero-order chi connectivity index (χ0) is 17.9. The number of rotatable bonds is 6. The van der Waals surface area contributed by atoms with E-state index in [9.17, 15) is 25.3 Å². The summed E-state index contributed by atoms with van der Waals surface area (Å²) in [6, 6.07) is 7.56. The van der Waals surface area contributed by atoms with Crippen molar-refractivity contribution in [3.63, 3.8) is 0 Å². The van der Waals surface area contributed by atoms with E-state index >= 15 is 0 Å². The molecule has 0 aromatic heterocycles. The third kappa shape index (κ3) is 3.25. The maximum atomic E-state index is 11.3. The van der Waals surface area contributed by atoms with Crippen molar-refractivity contribution in [1.82, 2.24) is 0 Å². The highest BCUT2D eigenvalue weighted by molar-refractivity contribution is 5.56. The lowest BCUT2D eigenvalue weighted by Crippen LogP contribution is -2.06. The Morgan fingerprint density at radius 1 is 0.958 bits per heavy atom. The van der Waals surface area contributed by atoms with Gasteiger partial charge in [-0.25, -0.2) is 0 Å². The lowest BCUT2D eigenvalue weighted by atomic mass is 9.99. The average Bonchev–Trinajstić information content (AvgIpc) is 2.59. The van der Waals surface area contributed by atoms with Crippen molar-refractivity contribution in [2.45, 2.75) is 6.10 Å². The number of hydrogen-bond acceptors (Lipinski definition) is 7. The number of non-ortho nitro benzene ring substituents is 1. The second-order valence-corrected chi connectivity index (χ2v) is 4.77. The lowest BCUT2D eigenvalue weighted by Gasteiger charge is -2.15. The number of ether oxygens (including phenoxy) is 2. The molecular formula is C15H14N2O7. The minimum Gasteiger partial charge on any atom is -0.493 e. The smallest absolute Gasteiger partial charge is 0.279 e. The van der Waals surface area contributed by atoms with E-state index < -0.39 is 16.0 Å². The van der Waals surface area contributed by atoms with Gasteiger partial charge in [-0.05, 0) is 23.8 Å². The molecule has 1 N–H and O–H groups in total. The molecular weight excluding hydrogens is 320 g/mol. The van der Waals surface area contributed by atoms with Gasteiger partial charge < -0.3 is 14.6 Å². The van der Waals surface area contributed by atoms with Gasteiger partial charge in [0.05, 0.1) is 35.7 Å². The molecule has 2 aromatic carbocycles. The quantitative estimate of drug-likeness (QED) is 0.635. The molecule has 9 heteroatoms. The van der Waals surface area contributed by atoms with Crippen LogP contribution in [0.25, 0.3) is 0 Å². The van der Waals surface area contributed by atoms with Crippen LogP contribution in [0.1, 0.15) is 17.2 Å². The fourth-order valence-electron chi connectivity index (χ4n) is 2.22. The van der Waals surface area contributed by atoms with Gasteiger partial charge in [0.25, 0.3) is 11.4 Å². The minimum absolute atomic E-state index is 0.00787. The Kier molecular flexibility index (Phi) is 4.95. The van der Waals surface area contributed by atoms with Crippen LogP contribution in [0.15, 0.2) is 36.4 Å². The Bertz CT molecular complexity index is 774. The van der Waals surface area contributed by atoms with Gasteiger partial charge in [0.2, 0.25) is 0 Å². The van der Waals surface area contributed by atoms with Crippen molar-refractivity contribution in [2.24, 2.45) is 0 Å². The molecule has 1 unspecified atom stereocenters. The summed E-state index contributed by atoms with van der Waals surface area (Å²) in [6.07, 6.45) is -1.36. The predicted octanol–water partition coefficient (Wildman–Crippen LogP) is 2.60. The molecule has 1 atom stereocenters. The van der Waals surface area contributed by atoms with E-state index in [4.69, 9.17) is 9.47 Å². The fraction of sp³-hybridized carbons (Fsp3) is 0.200. The summed E-state index contributed by atoms with van der Waals surface area (Å²) in [7, 11) is 2.71. The predicted molar refractivity (Wildman–Crippen MR) is 83.4 cm³/mol. The van der Waals surface area contributed by atoms with Gasteiger partial charge in [0, 0.05) is 12.1 Å². The molecule has 2 rings (SSSR count). The summed E-state index contributed by atoms with van der Waals surface area (Å²) in [5.74, 6) is 0.378. The van der Waals surface area contributed by atoms with Gasteiger partial charge in [-0.3, -0.25) is 20.2 Å². The van der Waals surface area contributed by atoms with Crippen molar-refractivity contribution in [3.05, 3.63) is 67.8 Å². The molecule has 0 aliphatic heterocycles. The van der Waals surface area contributed by atoms with Crippen molar-refractivity contribution in [3.8, 4) is 11.5 Å². The topological polar surface area (TPSA) is 125 Å². The Hall–Kier alpha value is -3.20. The highest BCUT2D eigenvalue weighted by Gasteiger charge is 2.26. The monoisotopic (exact) mass is 334 g/mol. The number of methoxy groups -OCH3 is 2. The summed E-state index contributed by atoms with van der Waals surface area (Å²) >= 11 is 0. The highest BCUT2D eigenvalue weighted by atomic mass is 16.6. The van der Waals surface area contributed by atoms with E-state index in [-0.39, 0.29) is 34.0 Å². The summed E-state index contributed by atoms with van der Waals surface area (Å²) < 4.78 is 10.1. The molecule has 0 aliphatic carbocycles. The molecule has 0 fully saturated rings. The number of aliphatic hydroxyl groups excluding tert-OH is 1. The first-order valence-corrected chi connectivity index (χ1v) is 6.71. The Balaban J connectivity index is 2.52. The van der Waals surface area contributed by atoms with Crippen LogP contribution in [-0.2, 0) is 0 Å². The van der Waals surface area contributed by atoms with Crippen molar-refractivity contribution < 1.29 is 24.4 Å². The van der Waals surface area contributed by atoms with Crippen LogP contribution in [0.5, 0.6) is 11.5 Å². The van der Waals surface area contributed by atoms with Crippen molar-refractivity contribution in [2.75, 3.05) is 14.2 Å². The zero-order valence-corrected chi connectivity index (χ0v) is 12.8. The summed E-state index contributed by atoms with van der Waals surface area (Å²) in [4.78, 5) is 20.7. The Labute approximate surface area is 136 Å². The van der Waals surface area contributed by atoms with Crippen molar-refractivity contribution in [1.29, 1.82) is 0 Å². The highest BCUT2D eigenvalue weighted by Crippen LogP contribution is 2.39. The average molecular weight is 334 g/mol. The van der Waals surface area contributed by atoms with Gasteiger partial charge in [0.15, 0.2) is 11.5 Å². The summed E-state index contributed by atoms with van der Waals surface area (Å²) in [5.41, 5.74) is -0.228. The Morgan fingerprint density at radius 2 is 1.50 bits per heavy atom. The summed E-state index contributed by atoms with van der Waals surface area (Å²) in [5, 5.41) is 32.4. The minimum atomic E-state index is -1.36. The molecule has 0 saturated carbocycles. The molecule has 0 radical (unpaired) electrons. The van der Waals surface area contributed by atoms with Crippen LogP contribution in [0.4, 0.5) is 11.4 Å². The van der Waals surface area contributed by atoms with E-state index in [0.717, 1.165) is 6.07 Å². The van der Waals surface area contributed by atoms with E-state index in [1.807, 2.05) is 0 Å². The molecule has 0 spiro atoms. The van der Waals surface area contributed by atoms with Crippen LogP contribution in [0.2, 0.25) is 0 Å². The number of aliphatic hydroxyl groups is 1. The maximum absolute atomic E-state index is 11.3. The van der Waals surface area contributed by atoms with E-state index in [1.54, 1.807) is 0 Å². The molecule has 0 bridgehead atoms. The molecule has 0 heterocycles. The van der Waals surface area contributed by atoms with Gasteiger partial charge in [-0.15, -0.1) is 0 Å². The number of hydrogen-bond donors (Lipinski definition) is 1. The van der Waals surface area contributed by atoms with E-state index in [2.05, 4.69) is 0 Å². The first-order chi connectivity index (χ1) is 11.4. The largest absolute Gasteiger partial charge is 0.493 e. The van der Waals surface area contributed by atoms with E-state index in [1.165, 1.54) is 44.6 Å². The van der Waals surface area contributed by atoms with Gasteiger partial charge in [-0.2, -0.15) is 0 Å². The van der Waals surface area contributed by atoms with Crippen LogP contribution >= 0.6 is 0 Å². The SMILES string of the molecule is COc1cc(C(O)c2ccc([N+](=O)[O-])cc2)c([N+](=O)[O-])cc1OC. The summed E-state index contributed by atoms with van der Waals surface area (Å²) in [6.45, 7) is 0. The third-order valence-electron chi connectivity index (χ3n) is 3.44. The van der Waals surface area contributed by atoms with Gasteiger partial charge in [-0.1, -0.05) is 0 Å². The second-order valence-electron chi connectivity index (χ2n) is 4.77. The molecule has 9 nitrogen and oxygen atoms in total. The first-order valence-electron chi connectivity index (χ1n) is 6.71. The molecule has 0 amide bonds. The normalized spacial score (nSPS) is 11.6. The van der Waals surface area contributed by atoms with Crippen LogP contribution < -0.4 is 9.47 Å². The Morgan fingerprint density at radius 3 is 1.96 bits per heavy atom.